The molecule has 5 heteroatoms. The van der Waals surface area contributed by atoms with Crippen molar-refractivity contribution in [3.63, 3.8) is 0 Å². The smallest absolute Gasteiger partial charge is 0.223 e. The molecule has 0 spiro atoms. The van der Waals surface area contributed by atoms with Gasteiger partial charge in [-0.05, 0) is 82.4 Å². The standard InChI is InChI=1S/C23H35FN2O2/c1-23(2,25-15-21(27)18-7-4-8-19(24)13-18)14-16-9-11-20(12-10-16)26-22(28)17-5-3-6-17/h4,7-8,13,16-17,20-21,25,27H,3,5-6,9-12,14-15H2,1-2H3,(H,26,28)/t16?,20?,21-/m0/s1. The molecule has 2 aliphatic carbocycles. The van der Waals surface area contributed by atoms with Crippen molar-refractivity contribution < 1.29 is 14.3 Å². The van der Waals surface area contributed by atoms with E-state index in [4.69, 9.17) is 0 Å². The summed E-state index contributed by atoms with van der Waals surface area (Å²) < 4.78 is 13.3. The maximum Gasteiger partial charge on any atom is 0.223 e. The molecule has 3 N–H and O–H groups in total. The van der Waals surface area contributed by atoms with E-state index < -0.39 is 6.10 Å². The average Bonchev–Trinajstić information content (AvgIpc) is 2.60. The van der Waals surface area contributed by atoms with Crippen molar-refractivity contribution in [2.45, 2.75) is 82.9 Å². The molecule has 0 radical (unpaired) electrons. The molecule has 28 heavy (non-hydrogen) atoms. The highest BCUT2D eigenvalue weighted by Gasteiger charge is 2.31. The topological polar surface area (TPSA) is 61.4 Å². The number of amides is 1. The van der Waals surface area contributed by atoms with Gasteiger partial charge in [-0.3, -0.25) is 4.79 Å². The SMILES string of the molecule is CC(C)(CC1CCC(NC(=O)C2CCC2)CC1)NC[C@H](O)c1cccc(F)c1. The van der Waals surface area contributed by atoms with Crippen molar-refractivity contribution in [1.82, 2.24) is 10.6 Å². The van der Waals surface area contributed by atoms with E-state index in [-0.39, 0.29) is 23.2 Å². The highest BCUT2D eigenvalue weighted by Crippen LogP contribution is 2.32. The van der Waals surface area contributed by atoms with Crippen molar-refractivity contribution in [3.8, 4) is 0 Å². The fourth-order valence-corrected chi connectivity index (χ4v) is 4.50. The summed E-state index contributed by atoms with van der Waals surface area (Å²) in [5.41, 5.74) is 0.507. The third-order valence-corrected chi connectivity index (χ3v) is 6.48. The van der Waals surface area contributed by atoms with Crippen LogP contribution in [0.5, 0.6) is 0 Å². The van der Waals surface area contributed by atoms with Crippen LogP contribution in [0, 0.1) is 17.7 Å². The predicted octanol–water partition coefficient (Wildman–Crippen LogP) is 4.09. The Labute approximate surface area is 168 Å². The molecule has 1 aromatic rings. The summed E-state index contributed by atoms with van der Waals surface area (Å²) in [6, 6.07) is 6.50. The first-order valence-corrected chi connectivity index (χ1v) is 10.8. The summed E-state index contributed by atoms with van der Waals surface area (Å²) in [6.45, 7) is 4.73. The second-order valence-electron chi connectivity index (χ2n) is 9.39. The van der Waals surface area contributed by atoms with Crippen LogP contribution in [0.4, 0.5) is 4.39 Å². The summed E-state index contributed by atoms with van der Waals surface area (Å²) in [5, 5.41) is 17.0. The van der Waals surface area contributed by atoms with Crippen LogP contribution in [0.15, 0.2) is 24.3 Å². The first kappa shape index (κ1) is 21.3. The van der Waals surface area contributed by atoms with Gasteiger partial charge in [0.2, 0.25) is 5.91 Å². The summed E-state index contributed by atoms with van der Waals surface area (Å²) in [6.07, 6.45) is 8.02. The molecular weight excluding hydrogens is 355 g/mol. The number of halogens is 1. The number of benzene rings is 1. The zero-order chi connectivity index (χ0) is 20.1. The van der Waals surface area contributed by atoms with E-state index in [0.29, 0.717) is 24.1 Å². The van der Waals surface area contributed by atoms with E-state index >= 15 is 0 Å². The van der Waals surface area contributed by atoms with Crippen LogP contribution >= 0.6 is 0 Å². The maximum absolute atomic E-state index is 13.3. The molecule has 0 heterocycles. The van der Waals surface area contributed by atoms with E-state index in [1.165, 1.54) is 18.6 Å². The monoisotopic (exact) mass is 390 g/mol. The number of carbonyl (C=O) groups excluding carboxylic acids is 1. The van der Waals surface area contributed by atoms with Gasteiger partial charge in [-0.2, -0.15) is 0 Å². The Kier molecular flexibility index (Phi) is 7.10. The molecule has 1 amide bonds. The fourth-order valence-electron chi connectivity index (χ4n) is 4.50. The van der Waals surface area contributed by atoms with Crippen molar-refractivity contribution in [1.29, 1.82) is 0 Å². The molecular formula is C23H35FN2O2. The van der Waals surface area contributed by atoms with E-state index in [0.717, 1.165) is 44.9 Å². The minimum absolute atomic E-state index is 0.0962. The summed E-state index contributed by atoms with van der Waals surface area (Å²) in [5.74, 6) is 0.844. The Bertz CT molecular complexity index is 652. The minimum atomic E-state index is -0.715. The van der Waals surface area contributed by atoms with Crippen molar-refractivity contribution in [2.75, 3.05) is 6.54 Å². The van der Waals surface area contributed by atoms with E-state index in [9.17, 15) is 14.3 Å². The van der Waals surface area contributed by atoms with Gasteiger partial charge in [-0.25, -0.2) is 4.39 Å². The summed E-state index contributed by atoms with van der Waals surface area (Å²) in [7, 11) is 0. The first-order chi connectivity index (χ1) is 13.3. The number of carbonyl (C=O) groups is 1. The lowest BCUT2D eigenvalue weighted by atomic mass is 9.78. The number of β-amino-alcohol motifs (C(OH)–C–C–N with tert-alkyl or cyclic N) is 1. The molecule has 1 aromatic carbocycles. The molecule has 2 aliphatic rings. The Morgan fingerprint density at radius 3 is 2.54 bits per heavy atom. The van der Waals surface area contributed by atoms with Crippen molar-refractivity contribution in [3.05, 3.63) is 35.6 Å². The molecule has 156 valence electrons. The molecule has 3 rings (SSSR count). The van der Waals surface area contributed by atoms with Gasteiger partial charge < -0.3 is 15.7 Å². The van der Waals surface area contributed by atoms with Gasteiger partial charge in [0.1, 0.15) is 5.82 Å². The van der Waals surface area contributed by atoms with Gasteiger partial charge >= 0.3 is 0 Å². The molecule has 0 saturated heterocycles. The third kappa shape index (κ3) is 6.02. The van der Waals surface area contributed by atoms with E-state index in [2.05, 4.69) is 24.5 Å². The lowest BCUT2D eigenvalue weighted by Gasteiger charge is -2.36. The number of hydrogen-bond acceptors (Lipinski definition) is 3. The highest BCUT2D eigenvalue weighted by molar-refractivity contribution is 5.79. The molecule has 2 saturated carbocycles. The van der Waals surface area contributed by atoms with Gasteiger partial charge in [0.05, 0.1) is 6.10 Å². The zero-order valence-corrected chi connectivity index (χ0v) is 17.2. The second-order valence-corrected chi connectivity index (χ2v) is 9.39. The first-order valence-electron chi connectivity index (χ1n) is 10.8. The molecule has 0 unspecified atom stereocenters. The Morgan fingerprint density at radius 1 is 1.21 bits per heavy atom. The number of aliphatic hydroxyl groups is 1. The van der Waals surface area contributed by atoms with Crippen LogP contribution in [0.2, 0.25) is 0 Å². The number of aliphatic hydroxyl groups excluding tert-OH is 1. The van der Waals surface area contributed by atoms with Crippen molar-refractivity contribution >= 4 is 5.91 Å². The quantitative estimate of drug-likeness (QED) is 0.626. The molecule has 0 bridgehead atoms. The molecule has 0 aromatic heterocycles. The van der Waals surface area contributed by atoms with Crippen LogP contribution in [0.25, 0.3) is 0 Å². The Balaban J connectivity index is 1.39. The third-order valence-electron chi connectivity index (χ3n) is 6.48. The molecule has 2 fully saturated rings. The number of hydrogen-bond donors (Lipinski definition) is 3. The van der Waals surface area contributed by atoms with Gasteiger partial charge in [-0.1, -0.05) is 18.6 Å². The lowest BCUT2D eigenvalue weighted by molar-refractivity contribution is -0.128. The molecule has 4 nitrogen and oxygen atoms in total. The fraction of sp³-hybridized carbons (Fsp3) is 0.696. The lowest BCUT2D eigenvalue weighted by Crippen LogP contribution is -2.45. The zero-order valence-electron chi connectivity index (χ0n) is 17.2. The second kappa shape index (κ2) is 9.36. The maximum atomic E-state index is 13.3. The van der Waals surface area contributed by atoms with Crippen LogP contribution in [0.1, 0.15) is 76.9 Å². The largest absolute Gasteiger partial charge is 0.387 e. The number of nitrogens with one attached hydrogen (secondary N) is 2. The highest BCUT2D eigenvalue weighted by atomic mass is 19.1. The van der Waals surface area contributed by atoms with Gasteiger partial charge in [0.15, 0.2) is 0 Å². The Hall–Kier alpha value is -1.46. The molecule has 1 atom stereocenters. The van der Waals surface area contributed by atoms with Crippen LogP contribution in [0.3, 0.4) is 0 Å². The predicted molar refractivity (Wildman–Crippen MR) is 109 cm³/mol. The van der Waals surface area contributed by atoms with Crippen LogP contribution in [-0.2, 0) is 4.79 Å². The summed E-state index contributed by atoms with van der Waals surface area (Å²) in [4.78, 5) is 12.1. The van der Waals surface area contributed by atoms with Crippen LogP contribution < -0.4 is 10.6 Å². The number of rotatable bonds is 8. The average molecular weight is 391 g/mol. The van der Waals surface area contributed by atoms with E-state index in [1.807, 2.05) is 0 Å². The van der Waals surface area contributed by atoms with Gasteiger partial charge in [0.25, 0.3) is 0 Å². The molecule has 0 aliphatic heterocycles. The van der Waals surface area contributed by atoms with Crippen molar-refractivity contribution in [2.24, 2.45) is 11.8 Å². The normalized spacial score (nSPS) is 24.4. The Morgan fingerprint density at radius 2 is 1.93 bits per heavy atom. The van der Waals surface area contributed by atoms with Crippen LogP contribution in [-0.4, -0.2) is 29.1 Å². The van der Waals surface area contributed by atoms with Gasteiger partial charge in [0, 0.05) is 24.0 Å². The van der Waals surface area contributed by atoms with Gasteiger partial charge in [-0.15, -0.1) is 0 Å². The minimum Gasteiger partial charge on any atom is -0.387 e. The summed E-state index contributed by atoms with van der Waals surface area (Å²) >= 11 is 0. The van der Waals surface area contributed by atoms with E-state index in [1.54, 1.807) is 12.1 Å².